The van der Waals surface area contributed by atoms with Crippen LogP contribution in [0.1, 0.15) is 27.7 Å². The molecule has 0 aromatic heterocycles. The van der Waals surface area contributed by atoms with E-state index in [4.69, 9.17) is 18.0 Å². The van der Waals surface area contributed by atoms with Gasteiger partial charge < -0.3 is 10.6 Å². The third-order valence-corrected chi connectivity index (χ3v) is 5.73. The van der Waals surface area contributed by atoms with Crippen LogP contribution in [0.25, 0.3) is 0 Å². The van der Waals surface area contributed by atoms with Crippen LogP contribution in [0.4, 0.5) is 0 Å². The average molecular weight is 280 g/mol. The van der Waals surface area contributed by atoms with Gasteiger partial charge in [-0.3, -0.25) is 0 Å². The van der Waals surface area contributed by atoms with Gasteiger partial charge in [0.25, 0.3) is 0 Å². The Bertz CT molecular complexity index is 358. The Morgan fingerprint density at radius 1 is 1.41 bits per heavy atom. The highest BCUT2D eigenvalue weighted by Gasteiger charge is 2.28. The molecular weight excluding hydrogens is 256 g/mol. The number of rotatable bonds is 6. The van der Waals surface area contributed by atoms with Crippen molar-refractivity contribution < 1.29 is 8.42 Å². The Morgan fingerprint density at radius 3 is 2.24 bits per heavy atom. The average Bonchev–Trinajstić information content (AvgIpc) is 2.12. The summed E-state index contributed by atoms with van der Waals surface area (Å²) < 4.78 is 23.1. The number of nitrogens with two attached hydrogens (primary N) is 1. The molecule has 0 aliphatic rings. The van der Waals surface area contributed by atoms with Crippen LogP contribution in [-0.4, -0.2) is 48.9 Å². The van der Waals surface area contributed by atoms with E-state index in [-0.39, 0.29) is 11.7 Å². The first-order valence-corrected chi connectivity index (χ1v) is 7.73. The van der Waals surface area contributed by atoms with E-state index in [2.05, 4.69) is 0 Å². The molecule has 0 aromatic carbocycles. The largest absolute Gasteiger partial charge is 0.393 e. The van der Waals surface area contributed by atoms with Crippen molar-refractivity contribution in [1.29, 1.82) is 0 Å². The Kier molecular flexibility index (Phi) is 6.04. The Balaban J connectivity index is 4.27. The predicted molar refractivity (Wildman–Crippen MR) is 77.0 cm³/mol. The summed E-state index contributed by atoms with van der Waals surface area (Å²) in [5.74, 6) is 0.268. The maximum absolute atomic E-state index is 11.9. The van der Waals surface area contributed by atoms with Gasteiger partial charge in [-0.15, -0.1) is 0 Å². The summed E-state index contributed by atoms with van der Waals surface area (Å²) in [4.78, 5) is 2.42. The zero-order chi connectivity index (χ0) is 13.9. The van der Waals surface area contributed by atoms with Gasteiger partial charge in [-0.25, -0.2) is 8.42 Å². The second-order valence-electron chi connectivity index (χ2n) is 5.50. The van der Waals surface area contributed by atoms with Crippen LogP contribution in [-0.2, 0) is 9.84 Å². The molecule has 0 saturated carbocycles. The zero-order valence-electron chi connectivity index (χ0n) is 11.4. The lowest BCUT2D eigenvalue weighted by Gasteiger charge is -2.24. The molecule has 0 rings (SSSR count). The summed E-state index contributed by atoms with van der Waals surface area (Å²) in [5, 5.41) is 0. The molecule has 1 unspecified atom stereocenters. The van der Waals surface area contributed by atoms with Gasteiger partial charge in [0.1, 0.15) is 0 Å². The normalized spacial score (nSPS) is 14.9. The summed E-state index contributed by atoms with van der Waals surface area (Å²) >= 11 is 4.89. The molecule has 4 nitrogen and oxygen atoms in total. The van der Waals surface area contributed by atoms with Crippen LogP contribution >= 0.6 is 12.2 Å². The highest BCUT2D eigenvalue weighted by atomic mass is 32.2. The van der Waals surface area contributed by atoms with Gasteiger partial charge in [-0.05, 0) is 27.8 Å². The van der Waals surface area contributed by atoms with Gasteiger partial charge in [0, 0.05) is 19.0 Å². The molecule has 0 aromatic rings. The molecule has 0 amide bonds. The minimum absolute atomic E-state index is 0.104. The quantitative estimate of drug-likeness (QED) is 0.737. The SMILES string of the molecule is CC(CN(C)CCS(=O)(=O)C(C)(C)C)C(N)=S. The van der Waals surface area contributed by atoms with E-state index in [0.717, 1.165) is 0 Å². The van der Waals surface area contributed by atoms with Crippen molar-refractivity contribution in [3.63, 3.8) is 0 Å². The number of hydrogen-bond donors (Lipinski definition) is 1. The van der Waals surface area contributed by atoms with Crippen LogP contribution in [0, 0.1) is 5.92 Å². The third-order valence-electron chi connectivity index (χ3n) is 2.75. The predicted octanol–water partition coefficient (Wildman–Crippen LogP) is 1.05. The van der Waals surface area contributed by atoms with Gasteiger partial charge in [0.2, 0.25) is 0 Å². The molecule has 0 aliphatic carbocycles. The van der Waals surface area contributed by atoms with E-state index in [1.165, 1.54) is 0 Å². The number of nitrogens with zero attached hydrogens (tertiary/aromatic N) is 1. The fraction of sp³-hybridized carbons (Fsp3) is 0.909. The van der Waals surface area contributed by atoms with Gasteiger partial charge in [-0.1, -0.05) is 19.1 Å². The Morgan fingerprint density at radius 2 is 1.88 bits per heavy atom. The van der Waals surface area contributed by atoms with Crippen LogP contribution in [0.3, 0.4) is 0 Å². The Hall–Kier alpha value is -0.200. The molecule has 0 saturated heterocycles. The number of sulfone groups is 1. The summed E-state index contributed by atoms with van der Waals surface area (Å²) in [7, 11) is -1.17. The second kappa shape index (κ2) is 6.11. The van der Waals surface area contributed by atoms with Crippen LogP contribution in [0.5, 0.6) is 0 Å². The molecule has 0 spiro atoms. The topological polar surface area (TPSA) is 63.4 Å². The lowest BCUT2D eigenvalue weighted by Crippen LogP contribution is -2.38. The van der Waals surface area contributed by atoms with Crippen LogP contribution < -0.4 is 5.73 Å². The van der Waals surface area contributed by atoms with E-state index < -0.39 is 14.6 Å². The molecule has 0 aliphatic heterocycles. The molecule has 102 valence electrons. The Labute approximate surface area is 110 Å². The third kappa shape index (κ3) is 5.79. The van der Waals surface area contributed by atoms with E-state index in [9.17, 15) is 8.42 Å². The first-order valence-electron chi connectivity index (χ1n) is 5.67. The monoisotopic (exact) mass is 280 g/mol. The summed E-state index contributed by atoms with van der Waals surface area (Å²) in [6, 6.07) is 0. The van der Waals surface area contributed by atoms with Gasteiger partial charge >= 0.3 is 0 Å². The summed E-state index contributed by atoms with van der Waals surface area (Å²) in [5.41, 5.74) is 5.52. The van der Waals surface area contributed by atoms with E-state index in [0.29, 0.717) is 18.1 Å². The van der Waals surface area contributed by atoms with Gasteiger partial charge in [-0.2, -0.15) is 0 Å². The lowest BCUT2D eigenvalue weighted by atomic mass is 10.2. The second-order valence-corrected chi connectivity index (χ2v) is 8.83. The molecule has 0 radical (unpaired) electrons. The van der Waals surface area contributed by atoms with E-state index >= 15 is 0 Å². The minimum Gasteiger partial charge on any atom is -0.393 e. The van der Waals surface area contributed by atoms with E-state index in [1.807, 2.05) is 18.9 Å². The standard InChI is InChI=1S/C11H24N2O2S2/c1-9(10(12)16)8-13(5)6-7-17(14,15)11(2,3)4/h9H,6-8H2,1-5H3,(H2,12,16). The molecule has 1 atom stereocenters. The van der Waals surface area contributed by atoms with Crippen molar-refractivity contribution in [2.75, 3.05) is 25.9 Å². The van der Waals surface area contributed by atoms with Gasteiger partial charge in [0.05, 0.1) is 15.5 Å². The molecule has 0 bridgehead atoms. The smallest absolute Gasteiger partial charge is 0.156 e. The molecule has 17 heavy (non-hydrogen) atoms. The number of hydrogen-bond acceptors (Lipinski definition) is 4. The maximum Gasteiger partial charge on any atom is 0.156 e. The molecular formula is C11H24N2O2S2. The highest BCUT2D eigenvalue weighted by molar-refractivity contribution is 7.92. The minimum atomic E-state index is -3.05. The van der Waals surface area contributed by atoms with Crippen molar-refractivity contribution in [3.05, 3.63) is 0 Å². The molecule has 0 fully saturated rings. The van der Waals surface area contributed by atoms with Crippen molar-refractivity contribution in [3.8, 4) is 0 Å². The highest BCUT2D eigenvalue weighted by Crippen LogP contribution is 2.15. The zero-order valence-corrected chi connectivity index (χ0v) is 13.0. The summed E-state index contributed by atoms with van der Waals surface area (Å²) in [6.07, 6.45) is 0. The number of thiocarbonyl (C=S) groups is 1. The van der Waals surface area contributed by atoms with Crippen molar-refractivity contribution >= 4 is 27.0 Å². The van der Waals surface area contributed by atoms with E-state index in [1.54, 1.807) is 20.8 Å². The maximum atomic E-state index is 11.9. The first kappa shape index (κ1) is 16.8. The van der Waals surface area contributed by atoms with Crippen LogP contribution in [0.2, 0.25) is 0 Å². The first-order chi connectivity index (χ1) is 7.47. The fourth-order valence-corrected chi connectivity index (χ4v) is 2.47. The lowest BCUT2D eigenvalue weighted by molar-refractivity contribution is 0.331. The van der Waals surface area contributed by atoms with Gasteiger partial charge in [0.15, 0.2) is 9.84 Å². The van der Waals surface area contributed by atoms with Crippen molar-refractivity contribution in [2.24, 2.45) is 11.7 Å². The van der Waals surface area contributed by atoms with Crippen molar-refractivity contribution in [1.82, 2.24) is 4.90 Å². The summed E-state index contributed by atoms with van der Waals surface area (Å²) in [6.45, 7) is 8.30. The molecule has 2 N–H and O–H groups in total. The fourth-order valence-electron chi connectivity index (χ4n) is 1.23. The molecule has 6 heteroatoms. The van der Waals surface area contributed by atoms with Crippen LogP contribution in [0.15, 0.2) is 0 Å². The van der Waals surface area contributed by atoms with Crippen molar-refractivity contribution in [2.45, 2.75) is 32.4 Å². The molecule has 0 heterocycles.